The highest BCUT2D eigenvalue weighted by atomic mass is 35.5. The van der Waals surface area contributed by atoms with Crippen molar-refractivity contribution in [2.75, 3.05) is 20.7 Å². The van der Waals surface area contributed by atoms with Crippen LogP contribution in [0.2, 0.25) is 5.02 Å². The Balaban J connectivity index is 1.49. The van der Waals surface area contributed by atoms with E-state index >= 15 is 0 Å². The summed E-state index contributed by atoms with van der Waals surface area (Å²) in [5.74, 6) is -1.57. The van der Waals surface area contributed by atoms with Gasteiger partial charge < -0.3 is 25.7 Å². The number of fused-ring (bicyclic) bond motifs is 2. The number of nitrogens with zero attached hydrogens (tertiary/aromatic N) is 2. The molecule has 9 nitrogen and oxygen atoms in total. The van der Waals surface area contributed by atoms with Crippen molar-refractivity contribution in [3.63, 3.8) is 0 Å². The average Bonchev–Trinajstić information content (AvgIpc) is 3.47. The fraction of sp³-hybridized carbons (Fsp3) is 0.440. The van der Waals surface area contributed by atoms with Gasteiger partial charge in [-0.05, 0) is 50.6 Å². The summed E-state index contributed by atoms with van der Waals surface area (Å²) in [6.07, 6.45) is 1.54. The van der Waals surface area contributed by atoms with Gasteiger partial charge in [-0.1, -0.05) is 11.6 Å². The molecule has 190 valence electrons. The molecule has 1 aliphatic carbocycles. The highest BCUT2D eigenvalue weighted by Crippen LogP contribution is 2.36. The molecule has 0 bridgehead atoms. The molecule has 1 amide bonds. The first-order chi connectivity index (χ1) is 17.2. The number of carbonyl (C=O) groups is 3. The highest BCUT2D eigenvalue weighted by molar-refractivity contribution is 7.13. The van der Waals surface area contributed by atoms with Gasteiger partial charge in [0, 0.05) is 46.4 Å². The van der Waals surface area contributed by atoms with E-state index in [0.29, 0.717) is 22.1 Å². The topological polar surface area (TPSA) is 130 Å². The van der Waals surface area contributed by atoms with Crippen molar-refractivity contribution in [1.29, 1.82) is 0 Å². The highest BCUT2D eigenvalue weighted by Gasteiger charge is 2.51. The third-order valence-corrected chi connectivity index (χ3v) is 8.59. The number of nitrogens with two attached hydrogens (primary N) is 1. The molecular formula is C25H28ClN5O4S. The van der Waals surface area contributed by atoms with E-state index in [1.165, 1.54) is 18.4 Å². The molecule has 0 spiro atoms. The number of aromatic amines is 1. The quantitative estimate of drug-likeness (QED) is 0.342. The summed E-state index contributed by atoms with van der Waals surface area (Å²) in [5.41, 5.74) is 7.18. The van der Waals surface area contributed by atoms with Gasteiger partial charge in [0.15, 0.2) is 5.01 Å². The van der Waals surface area contributed by atoms with E-state index in [-0.39, 0.29) is 24.6 Å². The van der Waals surface area contributed by atoms with Gasteiger partial charge in [0.2, 0.25) is 5.78 Å². The Morgan fingerprint density at radius 1 is 1.33 bits per heavy atom. The van der Waals surface area contributed by atoms with E-state index in [1.54, 1.807) is 24.3 Å². The average molecular weight is 530 g/mol. The van der Waals surface area contributed by atoms with Crippen LogP contribution in [0.15, 0.2) is 24.3 Å². The molecule has 2 aromatic heterocycles. The number of methoxy groups -OCH3 is 1. The number of nitrogens with one attached hydrogen (secondary N) is 2. The molecule has 5 rings (SSSR count). The second kappa shape index (κ2) is 9.59. The Bertz CT molecular complexity index is 1350. The maximum absolute atomic E-state index is 14.0. The lowest BCUT2D eigenvalue weighted by atomic mass is 9.70. The van der Waals surface area contributed by atoms with Gasteiger partial charge in [-0.25, -0.2) is 4.98 Å². The van der Waals surface area contributed by atoms with E-state index in [2.05, 4.69) is 20.2 Å². The van der Waals surface area contributed by atoms with Crippen molar-refractivity contribution in [3.05, 3.63) is 50.6 Å². The summed E-state index contributed by atoms with van der Waals surface area (Å²) in [4.78, 5) is 50.7. The van der Waals surface area contributed by atoms with Crippen molar-refractivity contribution in [3.8, 4) is 0 Å². The van der Waals surface area contributed by atoms with Crippen molar-refractivity contribution in [1.82, 2.24) is 20.2 Å². The number of ether oxygens (including phenoxy) is 1. The Morgan fingerprint density at radius 2 is 2.14 bits per heavy atom. The Morgan fingerprint density at radius 3 is 2.89 bits per heavy atom. The molecule has 1 aliphatic heterocycles. The molecule has 11 heteroatoms. The first kappa shape index (κ1) is 24.9. The first-order valence-corrected chi connectivity index (χ1v) is 13.1. The van der Waals surface area contributed by atoms with Crippen LogP contribution in [0.3, 0.4) is 0 Å². The van der Waals surface area contributed by atoms with E-state index in [9.17, 15) is 14.4 Å². The van der Waals surface area contributed by atoms with Crippen LogP contribution in [0, 0.1) is 5.92 Å². The smallest absolute Gasteiger partial charge is 0.308 e. The molecule has 1 saturated carbocycles. The van der Waals surface area contributed by atoms with Gasteiger partial charge in [-0.3, -0.25) is 14.4 Å². The molecule has 36 heavy (non-hydrogen) atoms. The monoisotopic (exact) mass is 529 g/mol. The molecule has 1 aromatic carbocycles. The molecule has 0 saturated heterocycles. The Kier molecular flexibility index (Phi) is 6.63. The van der Waals surface area contributed by atoms with Crippen LogP contribution in [0.1, 0.15) is 50.1 Å². The van der Waals surface area contributed by atoms with Crippen molar-refractivity contribution >= 4 is 51.5 Å². The molecule has 3 aromatic rings. The lowest BCUT2D eigenvalue weighted by Gasteiger charge is -2.43. The molecular weight excluding hydrogens is 502 g/mol. The summed E-state index contributed by atoms with van der Waals surface area (Å²) in [5, 5.41) is 4.62. The standard InChI is InChI=1S/C25H28ClN5O4S/c1-31-8-6-17-19(12-31)36-23(29-17)22(33)30-25(7-5-13(11-20(25)27)24(34)35-2)21(32)18-10-14-9-15(26)3-4-16(14)28-18/h3-4,9-10,13,20,28H,5-8,11-12,27H2,1-2H3,(H,30,33). The van der Waals surface area contributed by atoms with Crippen molar-refractivity contribution in [2.45, 2.75) is 43.8 Å². The maximum atomic E-state index is 14.0. The van der Waals surface area contributed by atoms with Crippen LogP contribution in [0.25, 0.3) is 10.9 Å². The van der Waals surface area contributed by atoms with Crippen molar-refractivity contribution < 1.29 is 19.1 Å². The third kappa shape index (κ3) is 4.43. The van der Waals surface area contributed by atoms with E-state index in [1.807, 2.05) is 7.05 Å². The van der Waals surface area contributed by atoms with E-state index in [4.69, 9.17) is 22.1 Å². The van der Waals surface area contributed by atoms with Crippen LogP contribution in [0.5, 0.6) is 0 Å². The number of carbonyl (C=O) groups excluding carboxylic acids is 3. The Labute approximate surface area is 217 Å². The van der Waals surface area contributed by atoms with Crippen LogP contribution >= 0.6 is 22.9 Å². The number of aromatic nitrogens is 2. The number of halogens is 1. The number of esters is 1. The van der Waals surface area contributed by atoms with Gasteiger partial charge in [0.05, 0.1) is 24.4 Å². The van der Waals surface area contributed by atoms with Gasteiger partial charge >= 0.3 is 5.97 Å². The maximum Gasteiger partial charge on any atom is 0.308 e. The van der Waals surface area contributed by atoms with Crippen LogP contribution in [-0.4, -0.2) is 64.8 Å². The molecule has 3 heterocycles. The molecule has 3 unspecified atom stereocenters. The van der Waals surface area contributed by atoms with Crippen molar-refractivity contribution in [2.24, 2.45) is 11.7 Å². The number of Topliss-reactive ketones (excluding diaryl/α,β-unsaturated/α-hetero) is 1. The third-order valence-electron chi connectivity index (χ3n) is 7.28. The minimum Gasteiger partial charge on any atom is -0.469 e. The van der Waals surface area contributed by atoms with E-state index < -0.39 is 23.4 Å². The number of ketones is 1. The zero-order chi connectivity index (χ0) is 25.6. The zero-order valence-electron chi connectivity index (χ0n) is 20.1. The number of hydrogen-bond donors (Lipinski definition) is 3. The predicted octanol–water partition coefficient (Wildman–Crippen LogP) is 2.92. The predicted molar refractivity (Wildman–Crippen MR) is 137 cm³/mol. The van der Waals surface area contributed by atoms with Gasteiger partial charge in [0.1, 0.15) is 5.54 Å². The van der Waals surface area contributed by atoms with Gasteiger partial charge in [0.25, 0.3) is 5.91 Å². The minimum absolute atomic E-state index is 0.197. The summed E-state index contributed by atoms with van der Waals surface area (Å²) >= 11 is 7.47. The van der Waals surface area contributed by atoms with Crippen LogP contribution < -0.4 is 11.1 Å². The van der Waals surface area contributed by atoms with E-state index in [0.717, 1.165) is 41.0 Å². The fourth-order valence-corrected chi connectivity index (χ4v) is 6.49. The SMILES string of the molecule is COC(=O)C1CCC(NC(=O)c2nc3c(s2)CN(C)CC3)(C(=O)c2cc3cc(Cl)ccc3[nH]2)C(N)C1. The number of amides is 1. The molecule has 2 aliphatic rings. The first-order valence-electron chi connectivity index (χ1n) is 11.9. The zero-order valence-corrected chi connectivity index (χ0v) is 21.7. The normalized spacial score (nSPS) is 24.3. The number of likely N-dealkylation sites (N-methyl/N-ethyl adjacent to an activating group) is 1. The Hall–Kier alpha value is -2.79. The van der Waals surface area contributed by atoms with Gasteiger partial charge in [-0.2, -0.15) is 0 Å². The summed E-state index contributed by atoms with van der Waals surface area (Å²) < 4.78 is 4.91. The van der Waals surface area contributed by atoms with Crippen LogP contribution in [-0.2, 0) is 22.5 Å². The van der Waals surface area contributed by atoms with Crippen LogP contribution in [0.4, 0.5) is 0 Å². The second-order valence-electron chi connectivity index (χ2n) is 9.65. The number of benzene rings is 1. The lowest BCUT2D eigenvalue weighted by molar-refractivity contribution is -0.147. The number of thiazole rings is 1. The fourth-order valence-electron chi connectivity index (χ4n) is 5.23. The summed E-state index contributed by atoms with van der Waals surface area (Å²) in [6.45, 7) is 1.62. The summed E-state index contributed by atoms with van der Waals surface area (Å²) in [6, 6.07) is 6.21. The molecule has 3 atom stereocenters. The summed E-state index contributed by atoms with van der Waals surface area (Å²) in [7, 11) is 3.36. The minimum atomic E-state index is -1.41. The lowest BCUT2D eigenvalue weighted by Crippen LogP contribution is -2.67. The molecule has 1 fully saturated rings. The molecule has 0 radical (unpaired) electrons. The largest absolute Gasteiger partial charge is 0.469 e. The number of H-pyrrole nitrogens is 1. The van der Waals surface area contributed by atoms with Gasteiger partial charge in [-0.15, -0.1) is 11.3 Å². The molecule has 4 N–H and O–H groups in total. The second-order valence-corrected chi connectivity index (χ2v) is 11.2. The number of hydrogen-bond acceptors (Lipinski definition) is 8. The number of rotatable bonds is 5.